The van der Waals surface area contributed by atoms with Crippen LogP contribution in [0.15, 0.2) is 49.6 Å². The summed E-state index contributed by atoms with van der Waals surface area (Å²) in [6, 6.07) is 6.40. The molecule has 0 radical (unpaired) electrons. The van der Waals surface area contributed by atoms with E-state index in [2.05, 4.69) is 28.8 Å². The smallest absolute Gasteiger partial charge is 0.312 e. The lowest BCUT2D eigenvalue weighted by Crippen LogP contribution is -2.56. The van der Waals surface area contributed by atoms with Gasteiger partial charge in [-0.25, -0.2) is 4.68 Å². The van der Waals surface area contributed by atoms with E-state index < -0.39 is 41.7 Å². The second-order valence-electron chi connectivity index (χ2n) is 11.6. The molecule has 236 valence electrons. The first-order valence-electron chi connectivity index (χ1n) is 15.1. The molecule has 3 aliphatic heterocycles. The molecule has 0 saturated carbocycles. The third kappa shape index (κ3) is 5.73. The molecule has 6 atom stereocenters. The van der Waals surface area contributed by atoms with Crippen LogP contribution in [0.3, 0.4) is 0 Å². The number of likely N-dealkylation sites (tertiary alicyclic amines) is 1. The molecule has 2 N–H and O–H groups in total. The Morgan fingerprint density at radius 3 is 2.84 bits per heavy atom. The van der Waals surface area contributed by atoms with E-state index in [9.17, 15) is 24.3 Å². The standard InChI is InChI=1S/C31H40N6O7/c1-4-6-12-24(39)32-18-20(3)43-30(42)25-23-13-14-31(44-23)26(25)28(40)36(16-9-17-38)27(31)29(41)35(15-5-2)19-37-22-11-8-7-10-21(22)33-34-37/h4-5,7-8,10-11,20,23,25-27,38H,1-2,6,9,12-19H2,3H3,(H,32,39)/t20-,23+,25-,26-,27+,31-/m1/s1. The van der Waals surface area contributed by atoms with Crippen LogP contribution in [0.5, 0.6) is 0 Å². The molecule has 1 aromatic heterocycles. The third-order valence-electron chi connectivity index (χ3n) is 8.73. The predicted octanol–water partition coefficient (Wildman–Crippen LogP) is 1.17. The Bertz CT molecular complexity index is 1430. The number of aliphatic hydroxyl groups is 1. The van der Waals surface area contributed by atoms with Gasteiger partial charge in [0.1, 0.15) is 29.9 Å². The molecule has 1 aromatic carbocycles. The fourth-order valence-corrected chi connectivity index (χ4v) is 6.81. The number of nitrogens with one attached hydrogen (secondary N) is 1. The van der Waals surface area contributed by atoms with Crippen molar-refractivity contribution in [3.8, 4) is 0 Å². The lowest BCUT2D eigenvalue weighted by molar-refractivity contribution is -0.159. The van der Waals surface area contributed by atoms with E-state index >= 15 is 0 Å². The van der Waals surface area contributed by atoms with Crippen LogP contribution in [0.2, 0.25) is 0 Å². The summed E-state index contributed by atoms with van der Waals surface area (Å²) in [5.74, 6) is -3.29. The topological polar surface area (TPSA) is 156 Å². The van der Waals surface area contributed by atoms with Crippen molar-refractivity contribution >= 4 is 34.7 Å². The predicted molar refractivity (Wildman–Crippen MR) is 158 cm³/mol. The first-order chi connectivity index (χ1) is 21.2. The number of ether oxygens (including phenoxy) is 2. The maximum atomic E-state index is 14.4. The van der Waals surface area contributed by atoms with Crippen molar-refractivity contribution in [1.82, 2.24) is 30.1 Å². The molecule has 5 rings (SSSR count). The summed E-state index contributed by atoms with van der Waals surface area (Å²) in [6.45, 7) is 9.43. The Balaban J connectivity index is 1.38. The zero-order chi connectivity index (χ0) is 31.4. The number of allylic oxidation sites excluding steroid dienone is 1. The van der Waals surface area contributed by atoms with Crippen LogP contribution < -0.4 is 5.32 Å². The van der Waals surface area contributed by atoms with E-state index in [4.69, 9.17) is 9.47 Å². The normalized spacial score (nSPS) is 26.0. The molecule has 3 saturated heterocycles. The minimum atomic E-state index is -1.22. The maximum absolute atomic E-state index is 14.4. The van der Waals surface area contributed by atoms with Crippen LogP contribution in [-0.2, 0) is 35.3 Å². The average molecular weight is 609 g/mol. The van der Waals surface area contributed by atoms with Crippen LogP contribution in [0.1, 0.15) is 39.0 Å². The second-order valence-corrected chi connectivity index (χ2v) is 11.6. The number of rotatable bonds is 15. The summed E-state index contributed by atoms with van der Waals surface area (Å²) in [4.78, 5) is 57.0. The molecule has 0 unspecified atom stereocenters. The highest BCUT2D eigenvalue weighted by Crippen LogP contribution is 2.58. The Morgan fingerprint density at radius 1 is 1.30 bits per heavy atom. The zero-order valence-electron chi connectivity index (χ0n) is 25.0. The van der Waals surface area contributed by atoms with Gasteiger partial charge in [0, 0.05) is 26.1 Å². The van der Waals surface area contributed by atoms with Crippen molar-refractivity contribution in [1.29, 1.82) is 0 Å². The minimum Gasteiger partial charge on any atom is -0.460 e. The zero-order valence-corrected chi connectivity index (χ0v) is 25.0. The summed E-state index contributed by atoms with van der Waals surface area (Å²) >= 11 is 0. The molecular formula is C31H40N6O7. The molecule has 3 fully saturated rings. The second kappa shape index (κ2) is 13.3. The van der Waals surface area contributed by atoms with Gasteiger partial charge >= 0.3 is 5.97 Å². The number of hydrogen-bond acceptors (Lipinski definition) is 9. The molecule has 3 aliphatic rings. The van der Waals surface area contributed by atoms with Crippen LogP contribution in [-0.4, -0.2) is 104 Å². The van der Waals surface area contributed by atoms with Crippen LogP contribution in [0, 0.1) is 11.8 Å². The summed E-state index contributed by atoms with van der Waals surface area (Å²) < 4.78 is 13.8. The van der Waals surface area contributed by atoms with Gasteiger partial charge < -0.3 is 29.7 Å². The molecule has 1 spiro atoms. The van der Waals surface area contributed by atoms with E-state index in [1.807, 2.05) is 24.3 Å². The molecular weight excluding hydrogens is 568 g/mol. The Kier molecular flexibility index (Phi) is 9.45. The number of aromatic nitrogens is 3. The third-order valence-corrected chi connectivity index (χ3v) is 8.73. The van der Waals surface area contributed by atoms with E-state index in [1.54, 1.807) is 28.7 Å². The van der Waals surface area contributed by atoms with Crippen LogP contribution >= 0.6 is 0 Å². The van der Waals surface area contributed by atoms with Gasteiger partial charge in [-0.2, -0.15) is 0 Å². The van der Waals surface area contributed by atoms with Gasteiger partial charge in [-0.15, -0.1) is 18.3 Å². The van der Waals surface area contributed by atoms with Crippen LogP contribution in [0.4, 0.5) is 0 Å². The fourth-order valence-electron chi connectivity index (χ4n) is 6.81. The number of esters is 1. The van der Waals surface area contributed by atoms with Crippen molar-refractivity contribution in [2.45, 2.75) is 69.5 Å². The highest BCUT2D eigenvalue weighted by molar-refractivity contribution is 5.98. The van der Waals surface area contributed by atoms with Gasteiger partial charge in [-0.3, -0.25) is 19.2 Å². The quantitative estimate of drug-likeness (QED) is 0.224. The molecule has 0 aliphatic carbocycles. The molecule has 2 bridgehead atoms. The number of benzene rings is 1. The first-order valence-corrected chi connectivity index (χ1v) is 15.1. The van der Waals surface area contributed by atoms with Crippen molar-refractivity contribution in [2.24, 2.45) is 11.8 Å². The Morgan fingerprint density at radius 2 is 2.09 bits per heavy atom. The minimum absolute atomic E-state index is 0.0651. The number of hydrogen-bond donors (Lipinski definition) is 2. The SMILES string of the molecule is C=CCCC(=O)NC[C@@H](C)OC(=O)[C@@H]1[C@@H]2CC[C@]3(O2)[C@H](C(=O)N(CC=C)Cn2nnc4ccccc42)N(CCCO)C(=O)[C@@H]13. The summed E-state index contributed by atoms with van der Waals surface area (Å²) in [5, 5.41) is 20.8. The largest absolute Gasteiger partial charge is 0.460 e. The molecule has 4 heterocycles. The lowest BCUT2D eigenvalue weighted by atomic mass is 9.70. The van der Waals surface area contributed by atoms with Gasteiger partial charge in [-0.1, -0.05) is 29.5 Å². The van der Waals surface area contributed by atoms with Crippen molar-refractivity contribution in [3.05, 3.63) is 49.6 Å². The van der Waals surface area contributed by atoms with Gasteiger partial charge in [-0.05, 0) is 44.7 Å². The highest BCUT2D eigenvalue weighted by atomic mass is 16.6. The number of aliphatic hydroxyl groups excluding tert-OH is 1. The van der Waals surface area contributed by atoms with Crippen molar-refractivity contribution < 1.29 is 33.8 Å². The Labute approximate surface area is 255 Å². The van der Waals surface area contributed by atoms with Gasteiger partial charge in [0.15, 0.2) is 0 Å². The van der Waals surface area contributed by atoms with Gasteiger partial charge in [0.05, 0.1) is 30.0 Å². The fraction of sp³-hybridized carbons (Fsp3) is 0.548. The summed E-state index contributed by atoms with van der Waals surface area (Å²) in [5.41, 5.74) is 0.212. The maximum Gasteiger partial charge on any atom is 0.312 e. The lowest BCUT2D eigenvalue weighted by Gasteiger charge is -2.36. The summed E-state index contributed by atoms with van der Waals surface area (Å²) in [6.07, 6.45) is 4.05. The molecule has 13 heteroatoms. The van der Waals surface area contributed by atoms with E-state index in [1.165, 1.54) is 4.90 Å². The molecule has 44 heavy (non-hydrogen) atoms. The molecule has 2 aromatic rings. The van der Waals surface area contributed by atoms with Gasteiger partial charge in [0.2, 0.25) is 17.7 Å². The molecule has 3 amide bonds. The number of para-hydroxylation sites is 1. The van der Waals surface area contributed by atoms with E-state index in [0.29, 0.717) is 24.8 Å². The van der Waals surface area contributed by atoms with Crippen molar-refractivity contribution in [3.63, 3.8) is 0 Å². The number of nitrogens with zero attached hydrogens (tertiary/aromatic N) is 5. The number of amides is 3. The Hall–Kier alpha value is -4.10. The summed E-state index contributed by atoms with van der Waals surface area (Å²) in [7, 11) is 0. The van der Waals surface area contributed by atoms with Crippen LogP contribution in [0.25, 0.3) is 11.0 Å². The van der Waals surface area contributed by atoms with E-state index in [0.717, 1.165) is 5.52 Å². The number of fused-ring (bicyclic) bond motifs is 2. The highest BCUT2D eigenvalue weighted by Gasteiger charge is 2.75. The van der Waals surface area contributed by atoms with E-state index in [-0.39, 0.29) is 63.5 Å². The average Bonchev–Trinajstić information content (AvgIpc) is 3.77. The number of carbonyl (C=O) groups excluding carboxylic acids is 4. The van der Waals surface area contributed by atoms with Gasteiger partial charge in [0.25, 0.3) is 0 Å². The van der Waals surface area contributed by atoms with Crippen molar-refractivity contribution in [2.75, 3.05) is 26.2 Å². The first kappa shape index (κ1) is 31.3. The molecule has 13 nitrogen and oxygen atoms in total. The monoisotopic (exact) mass is 608 g/mol. The number of carbonyl (C=O) groups is 4.